The van der Waals surface area contributed by atoms with Crippen molar-refractivity contribution in [3.8, 4) is 0 Å². The number of aromatic nitrogens is 1. The summed E-state index contributed by atoms with van der Waals surface area (Å²) in [6, 6.07) is 26.0. The first kappa shape index (κ1) is 20.4. The van der Waals surface area contributed by atoms with Crippen molar-refractivity contribution in [2.45, 2.75) is 51.0 Å². The fourth-order valence-corrected chi connectivity index (χ4v) is 4.34. The second-order valence-electron chi connectivity index (χ2n) is 9.31. The highest BCUT2D eigenvalue weighted by atomic mass is 16.5. The third-order valence-corrected chi connectivity index (χ3v) is 5.95. The van der Waals surface area contributed by atoms with Crippen LogP contribution < -0.4 is 0 Å². The smallest absolute Gasteiger partial charge is 0.236 e. The zero-order valence-corrected chi connectivity index (χ0v) is 18.8. The maximum absolute atomic E-state index is 6.26. The average molecular weight is 426 g/mol. The molecule has 162 valence electrons. The van der Waals surface area contributed by atoms with Gasteiger partial charge in [0.15, 0.2) is 0 Å². The molecule has 0 fully saturated rings. The van der Waals surface area contributed by atoms with Crippen molar-refractivity contribution in [2.75, 3.05) is 0 Å². The van der Waals surface area contributed by atoms with Crippen LogP contribution in [0.2, 0.25) is 0 Å². The maximum atomic E-state index is 6.26. The molecule has 2 aliphatic heterocycles. The van der Waals surface area contributed by atoms with Crippen LogP contribution >= 0.6 is 0 Å². The molecule has 3 aromatic rings. The van der Waals surface area contributed by atoms with Gasteiger partial charge >= 0.3 is 0 Å². The van der Waals surface area contributed by atoms with Gasteiger partial charge in [0.2, 0.25) is 11.8 Å². The first-order chi connectivity index (χ1) is 15.3. The van der Waals surface area contributed by atoms with Gasteiger partial charge in [-0.15, -0.1) is 0 Å². The van der Waals surface area contributed by atoms with Crippen molar-refractivity contribution >= 4 is 11.8 Å². The molecule has 5 rings (SSSR count). The molecule has 5 heteroatoms. The number of pyridine rings is 1. The molecule has 0 radical (unpaired) electrons. The monoisotopic (exact) mass is 425 g/mol. The Balaban J connectivity index is 1.47. The highest BCUT2D eigenvalue weighted by Crippen LogP contribution is 2.40. The Morgan fingerprint density at radius 2 is 0.969 bits per heavy atom. The predicted molar refractivity (Wildman–Crippen MR) is 126 cm³/mol. The first-order valence-electron chi connectivity index (χ1n) is 10.9. The van der Waals surface area contributed by atoms with Crippen LogP contribution in [0.25, 0.3) is 0 Å². The highest BCUT2D eigenvalue weighted by molar-refractivity contribution is 5.98. The summed E-state index contributed by atoms with van der Waals surface area (Å²) in [6.45, 7) is 8.23. The van der Waals surface area contributed by atoms with Crippen LogP contribution in [0.5, 0.6) is 0 Å². The standard InChI is InChI=1S/C27H27N3O2/c1-26(2)22(18-12-7-5-8-13-18)29-24(31-26)20-16-11-17-21(28-20)25-30-23(27(3,4)32-25)19-14-9-6-10-15-19/h5-17,22-23H,1-4H3/t22-,23-/m1/s1. The molecule has 2 atom stereocenters. The Morgan fingerprint density at radius 1 is 0.562 bits per heavy atom. The van der Waals surface area contributed by atoms with E-state index in [0.717, 1.165) is 11.1 Å². The summed E-state index contributed by atoms with van der Waals surface area (Å²) in [5.41, 5.74) is 2.69. The van der Waals surface area contributed by atoms with Crippen LogP contribution in [0.3, 0.4) is 0 Å². The van der Waals surface area contributed by atoms with Crippen LogP contribution in [0, 0.1) is 0 Å². The van der Waals surface area contributed by atoms with Gasteiger partial charge in [-0.1, -0.05) is 66.7 Å². The van der Waals surface area contributed by atoms with E-state index in [1.165, 1.54) is 0 Å². The number of aliphatic imine (C=N–C) groups is 2. The summed E-state index contributed by atoms with van der Waals surface area (Å²) in [6.07, 6.45) is 0. The number of hydrogen-bond donors (Lipinski definition) is 0. The minimum atomic E-state index is -0.462. The van der Waals surface area contributed by atoms with E-state index in [1.807, 2.05) is 54.6 Å². The molecule has 2 aliphatic rings. The minimum Gasteiger partial charge on any atom is -0.468 e. The quantitative estimate of drug-likeness (QED) is 0.541. The molecule has 0 aliphatic carbocycles. The number of nitrogens with zero attached hydrogens (tertiary/aromatic N) is 3. The number of rotatable bonds is 4. The SMILES string of the molecule is CC1(C)OC(c2cccc(C3=N[C@H](c4ccccc4)C(C)(C)O3)n2)=N[C@@H]1c1ccccc1. The van der Waals surface area contributed by atoms with Crippen LogP contribution in [-0.2, 0) is 9.47 Å². The molecule has 1 aromatic heterocycles. The van der Waals surface area contributed by atoms with Gasteiger partial charge in [0.05, 0.1) is 0 Å². The van der Waals surface area contributed by atoms with Crippen LogP contribution in [0.1, 0.15) is 62.3 Å². The lowest BCUT2D eigenvalue weighted by molar-refractivity contribution is 0.0967. The molecule has 5 nitrogen and oxygen atoms in total. The van der Waals surface area contributed by atoms with Crippen LogP contribution in [-0.4, -0.2) is 28.0 Å². The molecule has 0 bridgehead atoms. The fraction of sp³-hybridized carbons (Fsp3) is 0.296. The molecular formula is C27H27N3O2. The summed E-state index contributed by atoms with van der Waals surface area (Å²) < 4.78 is 12.5. The van der Waals surface area contributed by atoms with Gasteiger partial charge in [-0.05, 0) is 51.0 Å². The first-order valence-corrected chi connectivity index (χ1v) is 10.9. The number of benzene rings is 2. The summed E-state index contributed by atoms with van der Waals surface area (Å²) in [5.74, 6) is 1.09. The third kappa shape index (κ3) is 3.68. The Bertz CT molecular complexity index is 1090. The molecule has 0 N–H and O–H groups in total. The molecule has 0 amide bonds. The largest absolute Gasteiger partial charge is 0.468 e. The van der Waals surface area contributed by atoms with Gasteiger partial charge in [0.25, 0.3) is 0 Å². The summed E-state index contributed by atoms with van der Waals surface area (Å²) in [4.78, 5) is 14.6. The van der Waals surface area contributed by atoms with Crippen molar-refractivity contribution in [1.82, 2.24) is 4.98 Å². The van der Waals surface area contributed by atoms with E-state index in [2.05, 4.69) is 52.0 Å². The van der Waals surface area contributed by atoms with Crippen molar-refractivity contribution in [3.05, 3.63) is 101 Å². The van der Waals surface area contributed by atoms with Gasteiger partial charge in [0, 0.05) is 0 Å². The van der Waals surface area contributed by atoms with E-state index >= 15 is 0 Å². The van der Waals surface area contributed by atoms with Crippen molar-refractivity contribution in [3.63, 3.8) is 0 Å². The molecule has 0 saturated heterocycles. The van der Waals surface area contributed by atoms with E-state index in [0.29, 0.717) is 23.2 Å². The maximum Gasteiger partial charge on any atom is 0.236 e. The molecule has 0 unspecified atom stereocenters. The molecule has 32 heavy (non-hydrogen) atoms. The topological polar surface area (TPSA) is 56.1 Å². The zero-order chi connectivity index (χ0) is 22.3. The average Bonchev–Trinajstić information content (AvgIpc) is 3.30. The Morgan fingerprint density at radius 3 is 1.38 bits per heavy atom. The molecular weight excluding hydrogens is 398 g/mol. The molecule has 3 heterocycles. The lowest BCUT2D eigenvalue weighted by Gasteiger charge is -2.25. The van der Waals surface area contributed by atoms with Crippen molar-refractivity contribution in [2.24, 2.45) is 9.98 Å². The Kier molecular flexibility index (Phi) is 4.85. The van der Waals surface area contributed by atoms with E-state index in [-0.39, 0.29) is 12.1 Å². The number of ether oxygens (including phenoxy) is 2. The molecule has 0 saturated carbocycles. The second kappa shape index (κ2) is 7.59. The van der Waals surface area contributed by atoms with Gasteiger partial charge in [0.1, 0.15) is 34.7 Å². The van der Waals surface area contributed by atoms with E-state index in [4.69, 9.17) is 24.4 Å². The van der Waals surface area contributed by atoms with E-state index in [9.17, 15) is 0 Å². The lowest BCUT2D eigenvalue weighted by Crippen LogP contribution is -2.28. The molecule has 2 aromatic carbocycles. The number of hydrogen-bond acceptors (Lipinski definition) is 5. The zero-order valence-electron chi connectivity index (χ0n) is 18.8. The van der Waals surface area contributed by atoms with Gasteiger partial charge < -0.3 is 9.47 Å². The normalized spacial score (nSPS) is 23.1. The third-order valence-electron chi connectivity index (χ3n) is 5.95. The van der Waals surface area contributed by atoms with Crippen LogP contribution in [0.4, 0.5) is 0 Å². The Hall–Kier alpha value is -3.47. The summed E-state index contributed by atoms with van der Waals surface area (Å²) >= 11 is 0. The van der Waals surface area contributed by atoms with Crippen LogP contribution in [0.15, 0.2) is 88.8 Å². The van der Waals surface area contributed by atoms with E-state index < -0.39 is 11.2 Å². The molecule has 0 spiro atoms. The minimum absolute atomic E-state index is 0.0920. The van der Waals surface area contributed by atoms with Crippen molar-refractivity contribution < 1.29 is 9.47 Å². The van der Waals surface area contributed by atoms with E-state index in [1.54, 1.807) is 0 Å². The summed E-state index contributed by atoms with van der Waals surface area (Å²) in [5, 5.41) is 0. The van der Waals surface area contributed by atoms with Gasteiger partial charge in [-0.2, -0.15) is 0 Å². The van der Waals surface area contributed by atoms with Gasteiger partial charge in [-0.3, -0.25) is 0 Å². The lowest BCUT2D eigenvalue weighted by atomic mass is 9.93. The summed E-state index contributed by atoms with van der Waals surface area (Å²) in [7, 11) is 0. The predicted octanol–water partition coefficient (Wildman–Crippen LogP) is 5.68. The fourth-order valence-electron chi connectivity index (χ4n) is 4.34. The second-order valence-corrected chi connectivity index (χ2v) is 9.31. The van der Waals surface area contributed by atoms with Crippen molar-refractivity contribution in [1.29, 1.82) is 0 Å². The van der Waals surface area contributed by atoms with Gasteiger partial charge in [-0.25, -0.2) is 15.0 Å². The Labute approximate surface area is 188 Å². The highest BCUT2D eigenvalue weighted by Gasteiger charge is 2.42.